The number of rotatable bonds is 29. The molecule has 2 aromatic heterocycles. The predicted molar refractivity (Wildman–Crippen MR) is 464 cm³/mol. The van der Waals surface area contributed by atoms with Gasteiger partial charge in [-0.1, -0.05) is 74.3 Å². The van der Waals surface area contributed by atoms with Crippen molar-refractivity contribution < 1.29 is 158 Å². The van der Waals surface area contributed by atoms with Gasteiger partial charge >= 0.3 is 75.6 Å². The number of unbranched alkanes of at least 4 members (excludes halogenated alkanes) is 4. The molecule has 6 aromatic rings. The van der Waals surface area contributed by atoms with E-state index in [1.807, 2.05) is 65.0 Å². The van der Waals surface area contributed by atoms with Crippen LogP contribution < -0.4 is 0 Å². The first kappa shape index (κ1) is 117. The van der Waals surface area contributed by atoms with E-state index in [4.69, 9.17) is 86.0 Å². The van der Waals surface area contributed by atoms with Gasteiger partial charge < -0.3 is 14.8 Å². The average molecular weight is 2010 g/mol. The van der Waals surface area contributed by atoms with Crippen molar-refractivity contribution in [2.45, 2.75) is 208 Å². The van der Waals surface area contributed by atoms with E-state index in [1.54, 1.807) is 12.1 Å². The van der Waals surface area contributed by atoms with Gasteiger partial charge in [-0.25, -0.2) is 26.8 Å². The number of ketones is 4. The highest BCUT2D eigenvalue weighted by Gasteiger charge is 2.45. The molecule has 4 aromatic carbocycles. The molecule has 4 aliphatic rings. The van der Waals surface area contributed by atoms with Crippen LogP contribution in [0.1, 0.15) is 251 Å². The molecular formula is C78H102BrN4O34S9+. The molecule has 2 saturated heterocycles. The minimum Gasteiger partial charge on any atom is -0.748 e. The lowest BCUT2D eigenvalue weighted by Crippen LogP contribution is -2.27. The maximum absolute atomic E-state index is 12.8. The van der Waals surface area contributed by atoms with Crippen LogP contribution in [0.3, 0.4) is 0 Å². The average Bonchev–Trinajstić information content (AvgIpc) is 1.57. The first-order valence-electron chi connectivity index (χ1n) is 38.7. The number of benzene rings is 4. The number of pyridine rings is 2. The van der Waals surface area contributed by atoms with Gasteiger partial charge in [0.15, 0.2) is 34.6 Å². The number of carbonyl (C=O) groups is 6. The van der Waals surface area contributed by atoms with Gasteiger partial charge in [0.25, 0.3) is 10.1 Å². The number of Topliss-reactive ketones (excluding diaryl/α,β-unsaturated/α-hetero) is 4. The maximum Gasteiger partial charge on any atom is 0.425 e. The third-order valence-corrected chi connectivity index (χ3v) is 23.3. The van der Waals surface area contributed by atoms with Crippen LogP contribution >= 0.6 is 15.9 Å². The molecule has 0 saturated carbocycles. The Morgan fingerprint density at radius 2 is 0.746 bits per heavy atom. The second-order valence-electron chi connectivity index (χ2n) is 28.7. The first-order chi connectivity index (χ1) is 58.5. The molecule has 0 spiro atoms. The van der Waals surface area contributed by atoms with Gasteiger partial charge in [-0.2, -0.15) is 17.6 Å². The first-order valence-corrected chi connectivity index (χ1v) is 50.8. The number of halogens is 1. The number of aromatic nitrogens is 2. The van der Waals surface area contributed by atoms with E-state index in [9.17, 15) is 58.6 Å². The molecule has 126 heavy (non-hydrogen) atoms. The normalized spacial score (nSPS) is 13.9. The van der Waals surface area contributed by atoms with E-state index in [-0.39, 0.29) is 58.3 Å². The summed E-state index contributed by atoms with van der Waals surface area (Å²) in [6.45, 7) is 22.6. The summed E-state index contributed by atoms with van der Waals surface area (Å²) in [6.07, 6.45) is 13.1. The number of aliphatic carboxylic acids is 2. The fourth-order valence-electron chi connectivity index (χ4n) is 13.0. The Hall–Kier alpha value is -9.37. The molecule has 698 valence electrons. The summed E-state index contributed by atoms with van der Waals surface area (Å²) in [7, 11) is -28.5. The summed E-state index contributed by atoms with van der Waals surface area (Å²) in [6, 6.07) is 28.2. The lowest BCUT2D eigenvalue weighted by atomic mass is 9.79. The zero-order chi connectivity index (χ0) is 96.8. The fourth-order valence-corrected chi connectivity index (χ4v) is 16.3. The Labute approximate surface area is 748 Å². The number of hydrogen-bond acceptors (Lipinski definition) is 34. The highest BCUT2D eigenvalue weighted by atomic mass is 79.9. The van der Waals surface area contributed by atoms with Gasteiger partial charge in [0.1, 0.15) is 45.7 Å². The van der Waals surface area contributed by atoms with Gasteiger partial charge in [0, 0.05) is 99.6 Å². The smallest absolute Gasteiger partial charge is 0.425 e. The number of carboxylic acid groups (broad SMARTS) is 2. The second-order valence-corrected chi connectivity index (χ2v) is 37.5. The molecule has 0 aliphatic carbocycles. The van der Waals surface area contributed by atoms with Gasteiger partial charge in [-0.15, -0.1) is 75.8 Å². The van der Waals surface area contributed by atoms with Crippen LogP contribution in [0, 0.1) is 0 Å². The van der Waals surface area contributed by atoms with Crippen molar-refractivity contribution in [3.8, 4) is 22.3 Å². The SMILES string of the molecule is CCCC(=O)c1cc(-c2ccc3c4c(ccc3c2)[N+](CCCCCC(=O)O)=C(C)C4(C)C)cc(C(=O)CCC)n1.CCCC(=O)c1cc(-c2ccc3c4c(ccc3c2)[N+](CCCS(=O)(=O)[O-])=C(C)C4(C)C)cc(C(=O)CCC)n1.O=C(O)CCCCCBr.O=S(=O)=O.O=S(=O)=O.O=S(=O)=O.O=S(=O)=O.O=S(=O)=O.O=S(=O)=O.O=S1(=O)CCCC1.O=S1(=O)CCCO1. The van der Waals surface area contributed by atoms with E-state index in [1.165, 1.54) is 22.3 Å². The monoisotopic (exact) mass is 2010 g/mol. The topological polar surface area (TPSA) is 617 Å². The highest BCUT2D eigenvalue weighted by Crippen LogP contribution is 2.46. The number of carbonyl (C=O) groups excluding carboxylic acids is 4. The van der Waals surface area contributed by atoms with Crippen molar-refractivity contribution in [3.63, 3.8) is 0 Å². The Kier molecular flexibility index (Phi) is 53.8. The molecular weight excluding hydrogens is 1910 g/mol. The molecule has 0 unspecified atom stereocenters. The molecule has 6 heterocycles. The third kappa shape index (κ3) is 44.9. The van der Waals surface area contributed by atoms with Crippen molar-refractivity contribution in [3.05, 3.63) is 119 Å². The van der Waals surface area contributed by atoms with Gasteiger partial charge in [0.05, 0.1) is 44.8 Å². The maximum atomic E-state index is 12.8. The quantitative estimate of drug-likeness (QED) is 0.0110. The molecule has 0 bridgehead atoms. The Morgan fingerprint density at radius 3 is 0.992 bits per heavy atom. The summed E-state index contributed by atoms with van der Waals surface area (Å²) >= 11 is 3.27. The van der Waals surface area contributed by atoms with Crippen LogP contribution in [0.5, 0.6) is 0 Å². The largest absolute Gasteiger partial charge is 0.748 e. The van der Waals surface area contributed by atoms with Crippen molar-refractivity contribution in [1.82, 2.24) is 9.97 Å². The van der Waals surface area contributed by atoms with Crippen LogP contribution in [-0.4, -0.2) is 229 Å². The van der Waals surface area contributed by atoms with Crippen molar-refractivity contribution >= 4 is 189 Å². The molecule has 0 atom stereocenters. The Bertz CT molecular complexity index is 5660. The summed E-state index contributed by atoms with van der Waals surface area (Å²) in [5.41, 5.74) is 11.5. The van der Waals surface area contributed by atoms with Gasteiger partial charge in [-0.3, -0.25) is 33.0 Å². The van der Waals surface area contributed by atoms with Crippen LogP contribution in [-0.2, 0) is 118 Å². The molecule has 48 heteroatoms. The number of sulfone groups is 1. The fraction of sp³-hybridized carbons (Fsp3) is 0.513. The molecule has 4 aliphatic heterocycles. The van der Waals surface area contributed by atoms with Crippen LogP contribution in [0.2, 0.25) is 0 Å². The molecule has 10 rings (SSSR count). The molecule has 2 fully saturated rings. The third-order valence-electron chi connectivity index (χ3n) is 18.8. The van der Waals surface area contributed by atoms with Crippen LogP contribution in [0.4, 0.5) is 11.4 Å². The van der Waals surface area contributed by atoms with E-state index in [0.717, 1.165) is 125 Å². The molecule has 0 amide bonds. The number of fused-ring (bicyclic) bond motifs is 6. The lowest BCUT2D eigenvalue weighted by molar-refractivity contribution is -0.439. The minimum absolute atomic E-state index is 0.0377. The summed E-state index contributed by atoms with van der Waals surface area (Å²) < 4.78 is 236. The van der Waals surface area contributed by atoms with E-state index >= 15 is 0 Å². The molecule has 0 radical (unpaired) electrons. The van der Waals surface area contributed by atoms with Crippen molar-refractivity contribution in [2.24, 2.45) is 0 Å². The Balaban J connectivity index is 0.00000165. The highest BCUT2D eigenvalue weighted by molar-refractivity contribution is 9.09. The summed E-state index contributed by atoms with van der Waals surface area (Å²) in [4.78, 5) is 80.7. The number of nitrogens with zero attached hydrogens (tertiary/aromatic N) is 4. The number of alkyl halides is 1. The predicted octanol–water partition coefficient (Wildman–Crippen LogP) is 10.0. The zero-order valence-electron chi connectivity index (χ0n) is 70.7. The molecule has 2 N–H and O–H groups in total. The lowest BCUT2D eigenvalue weighted by Gasteiger charge is -2.18. The van der Waals surface area contributed by atoms with Gasteiger partial charge in [0.2, 0.25) is 11.4 Å². The number of carboxylic acids is 2. The second kappa shape index (κ2) is 58.2. The van der Waals surface area contributed by atoms with E-state index in [2.05, 4.69) is 116 Å². The Morgan fingerprint density at radius 1 is 0.437 bits per heavy atom. The molecule has 38 nitrogen and oxygen atoms in total. The summed E-state index contributed by atoms with van der Waals surface area (Å²) in [5.74, 6) is -0.977. The van der Waals surface area contributed by atoms with Crippen molar-refractivity contribution in [2.75, 3.05) is 48.0 Å². The van der Waals surface area contributed by atoms with Crippen LogP contribution in [0.25, 0.3) is 43.8 Å². The van der Waals surface area contributed by atoms with E-state index in [0.29, 0.717) is 105 Å². The standard InChI is InChI=1S/C34H40N2O4.C31H36N2O5S.C6H11BrO2.C4H8O2S.C3H6O3S.6O3S/c1-6-11-30(37)27-20-25(21-28(35-27)31(38)12-7-2)23-14-16-26-24(19-23)15-17-29-33(26)34(4,5)22(3)36(29)18-10-8-9-13-32(39)40;1-6-9-28(34)25-18-23(19-26(32-25)29(35)10-7-2)21-11-13-24-22(17-21)12-14-27-30(24)31(4,5)20(3)33(27)15-8-16-39(36,37)38;7-5-3-1-2-4-6(8)9;5-7(6)3-1-2-4-7;4-7(5)3-1-2-6-7;6*1-4(2)3/h14-17,19-21H,6-13,18H2,1-5H3;11-14,17-19H,6-10,15-16H2,1-5H3;1-5H2,(H,8,9);1-4H2;1-3H2;;;;;;/p+1. The van der Waals surface area contributed by atoms with Crippen molar-refractivity contribution in [1.29, 1.82) is 0 Å². The van der Waals surface area contributed by atoms with Crippen LogP contribution in [0.15, 0.2) is 84.9 Å². The number of hydrogen-bond donors (Lipinski definition) is 2. The van der Waals surface area contributed by atoms with Gasteiger partial charge in [-0.05, 0) is 191 Å². The summed E-state index contributed by atoms with van der Waals surface area (Å²) in [5, 5.41) is 22.5. The minimum atomic E-state index is -4.26. The van der Waals surface area contributed by atoms with E-state index < -0.39 is 106 Å². The zero-order valence-corrected chi connectivity index (χ0v) is 79.6.